The number of hydrogen-bond acceptors (Lipinski definition) is 7. The van der Waals surface area contributed by atoms with Crippen LogP contribution >= 0.6 is 0 Å². The van der Waals surface area contributed by atoms with E-state index in [1.165, 1.54) is 4.31 Å². The molecule has 0 amide bonds. The van der Waals surface area contributed by atoms with Crippen LogP contribution in [0, 0.1) is 6.92 Å². The van der Waals surface area contributed by atoms with E-state index in [0.717, 1.165) is 24.3 Å². The van der Waals surface area contributed by atoms with Crippen LogP contribution in [0.2, 0.25) is 0 Å². The smallest absolute Gasteiger partial charge is 0.244 e. The minimum Gasteiger partial charge on any atom is -0.497 e. The summed E-state index contributed by atoms with van der Waals surface area (Å²) in [6.07, 6.45) is 1.74. The second-order valence-corrected chi connectivity index (χ2v) is 8.55. The summed E-state index contributed by atoms with van der Waals surface area (Å²) >= 11 is 0. The highest BCUT2D eigenvalue weighted by Gasteiger charge is 2.33. The van der Waals surface area contributed by atoms with Gasteiger partial charge in [-0.25, -0.2) is 18.4 Å². The van der Waals surface area contributed by atoms with Crippen LogP contribution in [0.15, 0.2) is 29.3 Å². The number of ether oxygens (including phenoxy) is 2. The molecule has 144 valence electrons. The molecule has 1 saturated heterocycles. The maximum Gasteiger partial charge on any atom is 0.244 e. The van der Waals surface area contributed by atoms with Gasteiger partial charge in [0.2, 0.25) is 16.0 Å². The Morgan fingerprint density at radius 2 is 1.96 bits per heavy atom. The van der Waals surface area contributed by atoms with Gasteiger partial charge in [-0.05, 0) is 30.7 Å². The molecule has 0 aliphatic carbocycles. The summed E-state index contributed by atoms with van der Waals surface area (Å²) in [5, 5.41) is 0. The monoisotopic (exact) mass is 390 g/mol. The Morgan fingerprint density at radius 1 is 1.19 bits per heavy atom. The van der Waals surface area contributed by atoms with Crippen molar-refractivity contribution in [2.45, 2.75) is 24.9 Å². The van der Waals surface area contributed by atoms with Gasteiger partial charge in [0.15, 0.2) is 0 Å². The third kappa shape index (κ3) is 3.38. The first kappa shape index (κ1) is 18.1. The molecule has 9 heteroatoms. The van der Waals surface area contributed by atoms with Crippen LogP contribution in [0.5, 0.6) is 5.75 Å². The highest BCUT2D eigenvalue weighted by molar-refractivity contribution is 7.89. The molecule has 1 fully saturated rings. The summed E-state index contributed by atoms with van der Waals surface area (Å²) in [5.74, 6) is 1.27. The van der Waals surface area contributed by atoms with E-state index in [0.29, 0.717) is 30.5 Å². The first-order valence-electron chi connectivity index (χ1n) is 8.81. The fourth-order valence-electron chi connectivity index (χ4n) is 3.38. The molecule has 27 heavy (non-hydrogen) atoms. The third-order valence-electron chi connectivity index (χ3n) is 4.91. The van der Waals surface area contributed by atoms with Gasteiger partial charge in [-0.1, -0.05) is 0 Å². The SMILES string of the molecule is COc1ccc(S(=O)(=O)N2Cc3cnc(N4CCOCC4)nc3C2)c(C)c1. The molecule has 8 nitrogen and oxygen atoms in total. The summed E-state index contributed by atoms with van der Waals surface area (Å²) in [6, 6.07) is 4.99. The second-order valence-electron chi connectivity index (χ2n) is 6.65. The van der Waals surface area contributed by atoms with E-state index >= 15 is 0 Å². The van der Waals surface area contributed by atoms with Crippen molar-refractivity contribution in [1.82, 2.24) is 14.3 Å². The zero-order valence-corrected chi connectivity index (χ0v) is 16.2. The van der Waals surface area contributed by atoms with E-state index in [1.807, 2.05) is 0 Å². The molecule has 3 heterocycles. The Morgan fingerprint density at radius 3 is 2.67 bits per heavy atom. The number of nitrogens with zero attached hydrogens (tertiary/aromatic N) is 4. The summed E-state index contributed by atoms with van der Waals surface area (Å²) in [6.45, 7) is 5.09. The molecule has 2 aliphatic rings. The number of methoxy groups -OCH3 is 1. The molecule has 1 aromatic carbocycles. The predicted octanol–water partition coefficient (Wildman–Crippen LogP) is 1.33. The van der Waals surface area contributed by atoms with E-state index < -0.39 is 10.0 Å². The molecule has 0 saturated carbocycles. The van der Waals surface area contributed by atoms with Crippen molar-refractivity contribution in [3.63, 3.8) is 0 Å². The van der Waals surface area contributed by atoms with Gasteiger partial charge in [0.1, 0.15) is 5.75 Å². The van der Waals surface area contributed by atoms with Gasteiger partial charge >= 0.3 is 0 Å². The lowest BCUT2D eigenvalue weighted by Crippen LogP contribution is -2.37. The van der Waals surface area contributed by atoms with Crippen molar-refractivity contribution >= 4 is 16.0 Å². The van der Waals surface area contributed by atoms with Crippen molar-refractivity contribution in [2.75, 3.05) is 38.3 Å². The molecule has 2 aromatic rings. The molecule has 0 N–H and O–H groups in total. The first-order valence-corrected chi connectivity index (χ1v) is 10.3. The number of rotatable bonds is 4. The topological polar surface area (TPSA) is 84.9 Å². The zero-order chi connectivity index (χ0) is 19.0. The molecule has 0 unspecified atom stereocenters. The van der Waals surface area contributed by atoms with Crippen molar-refractivity contribution in [2.24, 2.45) is 0 Å². The Hall–Kier alpha value is -2.23. The third-order valence-corrected chi connectivity index (χ3v) is 6.86. The molecule has 4 rings (SSSR count). The zero-order valence-electron chi connectivity index (χ0n) is 15.4. The molecule has 0 atom stereocenters. The van der Waals surface area contributed by atoms with Crippen molar-refractivity contribution in [1.29, 1.82) is 0 Å². The lowest BCUT2D eigenvalue weighted by Gasteiger charge is -2.26. The molecule has 0 bridgehead atoms. The van der Waals surface area contributed by atoms with E-state index in [4.69, 9.17) is 9.47 Å². The van der Waals surface area contributed by atoms with Crippen LogP contribution in [0.1, 0.15) is 16.8 Å². The van der Waals surface area contributed by atoms with Crippen LogP contribution in [0.4, 0.5) is 5.95 Å². The quantitative estimate of drug-likeness (QED) is 0.779. The molecule has 2 aliphatic heterocycles. The van der Waals surface area contributed by atoms with Gasteiger partial charge in [0, 0.05) is 31.4 Å². The van der Waals surface area contributed by atoms with Crippen molar-refractivity contribution in [3.05, 3.63) is 41.2 Å². The van der Waals surface area contributed by atoms with Crippen LogP contribution in [0.25, 0.3) is 0 Å². The van der Waals surface area contributed by atoms with Crippen LogP contribution in [0.3, 0.4) is 0 Å². The number of aryl methyl sites for hydroxylation is 1. The lowest BCUT2D eigenvalue weighted by atomic mass is 10.2. The summed E-state index contributed by atoms with van der Waals surface area (Å²) in [5.41, 5.74) is 2.27. The minimum absolute atomic E-state index is 0.253. The average molecular weight is 390 g/mol. The fraction of sp³-hybridized carbons (Fsp3) is 0.444. The minimum atomic E-state index is -3.62. The normalized spacial score (nSPS) is 17.8. The Labute approximate surface area is 158 Å². The van der Waals surface area contributed by atoms with Gasteiger partial charge in [-0.2, -0.15) is 4.31 Å². The van der Waals surface area contributed by atoms with E-state index in [9.17, 15) is 8.42 Å². The Kier molecular flexibility index (Phi) is 4.75. The first-order chi connectivity index (χ1) is 13.0. The number of aromatic nitrogens is 2. The van der Waals surface area contributed by atoms with Gasteiger partial charge in [-0.15, -0.1) is 0 Å². The number of benzene rings is 1. The number of sulfonamides is 1. The van der Waals surface area contributed by atoms with E-state index in [2.05, 4.69) is 14.9 Å². The Bertz CT molecular complexity index is 958. The van der Waals surface area contributed by atoms with Gasteiger partial charge in [-0.3, -0.25) is 0 Å². The van der Waals surface area contributed by atoms with E-state index in [1.54, 1.807) is 38.4 Å². The molecule has 1 aromatic heterocycles. The number of fused-ring (bicyclic) bond motifs is 1. The second kappa shape index (κ2) is 7.06. The van der Waals surface area contributed by atoms with Crippen molar-refractivity contribution < 1.29 is 17.9 Å². The van der Waals surface area contributed by atoms with Gasteiger partial charge in [0.05, 0.1) is 37.5 Å². The predicted molar refractivity (Wildman–Crippen MR) is 99.2 cm³/mol. The number of anilines is 1. The summed E-state index contributed by atoms with van der Waals surface area (Å²) in [4.78, 5) is 11.4. The standard InChI is InChI=1S/C18H22N4O4S/c1-13-9-15(25-2)3-4-17(13)27(23,24)22-11-14-10-19-18(20-16(14)12-22)21-5-7-26-8-6-21/h3-4,9-10H,5-8,11-12H2,1-2H3. The molecule has 0 radical (unpaired) electrons. The summed E-state index contributed by atoms with van der Waals surface area (Å²) in [7, 11) is -2.06. The van der Waals surface area contributed by atoms with Gasteiger partial charge < -0.3 is 14.4 Å². The lowest BCUT2D eigenvalue weighted by molar-refractivity contribution is 0.122. The average Bonchev–Trinajstić information content (AvgIpc) is 3.12. The fourth-order valence-corrected chi connectivity index (χ4v) is 4.96. The molecular weight excluding hydrogens is 368 g/mol. The largest absolute Gasteiger partial charge is 0.497 e. The Balaban J connectivity index is 1.58. The van der Waals surface area contributed by atoms with Crippen LogP contribution in [-0.2, 0) is 27.8 Å². The number of hydrogen-bond donors (Lipinski definition) is 0. The maximum atomic E-state index is 13.1. The van der Waals surface area contributed by atoms with E-state index in [-0.39, 0.29) is 18.0 Å². The van der Waals surface area contributed by atoms with Crippen molar-refractivity contribution in [3.8, 4) is 5.75 Å². The molecule has 0 spiro atoms. The highest BCUT2D eigenvalue weighted by atomic mass is 32.2. The molecular formula is C18H22N4O4S. The maximum absolute atomic E-state index is 13.1. The van der Waals surface area contributed by atoms with Crippen LogP contribution < -0.4 is 9.64 Å². The van der Waals surface area contributed by atoms with Crippen LogP contribution in [-0.4, -0.2) is 56.1 Å². The van der Waals surface area contributed by atoms with Gasteiger partial charge in [0.25, 0.3) is 0 Å². The number of morpholine rings is 1. The highest BCUT2D eigenvalue weighted by Crippen LogP contribution is 2.30. The summed E-state index contributed by atoms with van der Waals surface area (Å²) < 4.78 is 38.2.